The highest BCUT2D eigenvalue weighted by molar-refractivity contribution is 5.95. The average Bonchev–Trinajstić information content (AvgIpc) is 3.34. The minimum Gasteiger partial charge on any atom is -0.481 e. The molecule has 1 aromatic heterocycles. The summed E-state index contributed by atoms with van der Waals surface area (Å²) in [7, 11) is 0. The van der Waals surface area contributed by atoms with Gasteiger partial charge in [-0.05, 0) is 51.6 Å². The van der Waals surface area contributed by atoms with Gasteiger partial charge in [-0.2, -0.15) is 0 Å². The van der Waals surface area contributed by atoms with E-state index in [1.165, 1.54) is 12.5 Å². The van der Waals surface area contributed by atoms with Crippen LogP contribution in [0.1, 0.15) is 50.6 Å². The summed E-state index contributed by atoms with van der Waals surface area (Å²) in [5.74, 6) is -5.10. The molecule has 0 radical (unpaired) electrons. The van der Waals surface area contributed by atoms with Crippen molar-refractivity contribution in [1.82, 2.24) is 25.9 Å². The first kappa shape index (κ1) is 31.5. The number of hydrogen-bond donors (Lipinski definition) is 9. The second-order valence-corrected chi connectivity index (χ2v) is 8.58. The van der Waals surface area contributed by atoms with E-state index < -0.39 is 60.2 Å². The summed E-state index contributed by atoms with van der Waals surface area (Å²) in [6, 6.07) is -4.99. The Bertz CT molecular complexity index is 880. The van der Waals surface area contributed by atoms with E-state index in [1.807, 2.05) is 0 Å². The Morgan fingerprint density at radius 1 is 0.838 bits per heavy atom. The van der Waals surface area contributed by atoms with E-state index in [9.17, 15) is 34.2 Å². The molecule has 4 atom stereocenters. The molecule has 0 aliphatic carbocycles. The average molecular weight is 527 g/mol. The number of rotatable bonds is 19. The predicted molar refractivity (Wildman–Crippen MR) is 132 cm³/mol. The monoisotopic (exact) mass is 526 g/mol. The molecule has 0 aromatic carbocycles. The van der Waals surface area contributed by atoms with Crippen molar-refractivity contribution in [3.05, 3.63) is 18.2 Å². The number of aliphatic carboxylic acids is 2. The number of aromatic nitrogens is 2. The molecule has 0 saturated heterocycles. The molecule has 1 aromatic rings. The summed E-state index contributed by atoms with van der Waals surface area (Å²) in [6.07, 6.45) is 4.51. The van der Waals surface area contributed by atoms with Gasteiger partial charge in [0, 0.05) is 18.3 Å². The first-order valence-electron chi connectivity index (χ1n) is 12.1. The molecule has 0 spiro atoms. The highest BCUT2D eigenvalue weighted by atomic mass is 16.4. The van der Waals surface area contributed by atoms with Crippen LogP contribution in [0.15, 0.2) is 12.5 Å². The van der Waals surface area contributed by atoms with Gasteiger partial charge in [-0.3, -0.25) is 19.2 Å². The fraction of sp³-hybridized carbons (Fsp3) is 0.636. The van der Waals surface area contributed by atoms with Crippen molar-refractivity contribution in [2.24, 2.45) is 17.2 Å². The normalized spacial score (nSPS) is 14.1. The van der Waals surface area contributed by atoms with Crippen LogP contribution in [0.2, 0.25) is 0 Å². The van der Waals surface area contributed by atoms with Gasteiger partial charge < -0.3 is 48.3 Å². The van der Waals surface area contributed by atoms with Gasteiger partial charge in [-0.1, -0.05) is 0 Å². The molecule has 4 unspecified atom stereocenters. The summed E-state index contributed by atoms with van der Waals surface area (Å²) in [5.41, 5.74) is 17.5. The van der Waals surface area contributed by atoms with Crippen LogP contribution in [0.3, 0.4) is 0 Å². The van der Waals surface area contributed by atoms with E-state index >= 15 is 0 Å². The van der Waals surface area contributed by atoms with Gasteiger partial charge in [0.2, 0.25) is 17.7 Å². The lowest BCUT2D eigenvalue weighted by Crippen LogP contribution is -2.57. The Morgan fingerprint density at radius 2 is 1.38 bits per heavy atom. The van der Waals surface area contributed by atoms with Crippen molar-refractivity contribution in [1.29, 1.82) is 0 Å². The summed E-state index contributed by atoms with van der Waals surface area (Å²) >= 11 is 0. The first-order valence-corrected chi connectivity index (χ1v) is 12.1. The molecular weight excluding hydrogens is 488 g/mol. The second-order valence-electron chi connectivity index (χ2n) is 8.58. The molecule has 1 rings (SSSR count). The summed E-state index contributed by atoms with van der Waals surface area (Å²) in [5, 5.41) is 25.8. The van der Waals surface area contributed by atoms with Crippen LogP contribution in [0, 0.1) is 0 Å². The lowest BCUT2D eigenvalue weighted by molar-refractivity contribution is -0.143. The molecule has 15 heteroatoms. The molecule has 208 valence electrons. The number of imidazole rings is 1. The van der Waals surface area contributed by atoms with Gasteiger partial charge in [-0.25, -0.2) is 9.78 Å². The number of unbranched alkanes of at least 4 members (excludes halogenated alkanes) is 2. The van der Waals surface area contributed by atoms with Crippen LogP contribution in [0.4, 0.5) is 0 Å². The van der Waals surface area contributed by atoms with Crippen LogP contribution >= 0.6 is 0 Å². The number of carbonyl (C=O) groups is 5. The lowest BCUT2D eigenvalue weighted by Gasteiger charge is -2.24. The van der Waals surface area contributed by atoms with E-state index in [0.29, 0.717) is 44.5 Å². The van der Waals surface area contributed by atoms with Crippen LogP contribution in [-0.2, 0) is 30.4 Å². The summed E-state index contributed by atoms with van der Waals surface area (Å²) < 4.78 is 0. The second kappa shape index (κ2) is 17.0. The van der Waals surface area contributed by atoms with Gasteiger partial charge in [0.15, 0.2) is 0 Å². The molecule has 0 fully saturated rings. The van der Waals surface area contributed by atoms with Gasteiger partial charge in [0.1, 0.15) is 18.1 Å². The fourth-order valence-electron chi connectivity index (χ4n) is 3.45. The lowest BCUT2D eigenvalue weighted by atomic mass is 10.0. The molecule has 0 bridgehead atoms. The third kappa shape index (κ3) is 12.3. The number of nitrogens with zero attached hydrogens (tertiary/aromatic N) is 1. The van der Waals surface area contributed by atoms with Crippen LogP contribution in [0.5, 0.6) is 0 Å². The molecule has 37 heavy (non-hydrogen) atoms. The van der Waals surface area contributed by atoms with Gasteiger partial charge in [-0.15, -0.1) is 0 Å². The maximum absolute atomic E-state index is 13.0. The quantitative estimate of drug-likeness (QED) is 0.0853. The highest BCUT2D eigenvalue weighted by Gasteiger charge is 2.31. The van der Waals surface area contributed by atoms with Crippen molar-refractivity contribution >= 4 is 29.7 Å². The third-order valence-corrected chi connectivity index (χ3v) is 5.48. The first-order chi connectivity index (χ1) is 17.6. The highest BCUT2D eigenvalue weighted by Crippen LogP contribution is 2.06. The molecule has 12 N–H and O–H groups in total. The van der Waals surface area contributed by atoms with Gasteiger partial charge in [0.25, 0.3) is 0 Å². The molecule has 15 nitrogen and oxygen atoms in total. The Labute approximate surface area is 214 Å². The van der Waals surface area contributed by atoms with Crippen molar-refractivity contribution in [2.45, 2.75) is 75.5 Å². The van der Waals surface area contributed by atoms with Crippen molar-refractivity contribution in [2.75, 3.05) is 13.1 Å². The molecule has 0 aliphatic rings. The van der Waals surface area contributed by atoms with Crippen molar-refractivity contribution in [3.63, 3.8) is 0 Å². The number of carbonyl (C=O) groups excluding carboxylic acids is 3. The Balaban J connectivity index is 2.93. The zero-order valence-electron chi connectivity index (χ0n) is 20.7. The summed E-state index contributed by atoms with van der Waals surface area (Å²) in [6.45, 7) is 0.702. The maximum atomic E-state index is 13.0. The Kier molecular flexibility index (Phi) is 14.5. The molecule has 0 aliphatic heterocycles. The molecule has 0 saturated carbocycles. The number of amides is 3. The predicted octanol–water partition coefficient (Wildman–Crippen LogP) is -2.45. The number of hydrogen-bond acceptors (Lipinski definition) is 9. The number of nitrogens with two attached hydrogens (primary N) is 3. The van der Waals surface area contributed by atoms with E-state index in [4.69, 9.17) is 17.2 Å². The third-order valence-electron chi connectivity index (χ3n) is 5.48. The van der Waals surface area contributed by atoms with Crippen LogP contribution < -0.4 is 33.2 Å². The SMILES string of the molecule is NCCCCC(NC(=O)C(CC(=O)O)NC(=O)C(CCCCN)NC(=O)C(N)Cc1cnc[nH]1)C(=O)O. The number of carboxylic acid groups (broad SMARTS) is 2. The minimum atomic E-state index is -1.58. The number of aromatic amines is 1. The van der Waals surface area contributed by atoms with Crippen LogP contribution in [0.25, 0.3) is 0 Å². The largest absolute Gasteiger partial charge is 0.481 e. The number of carboxylic acids is 2. The number of H-pyrrole nitrogens is 1. The van der Waals surface area contributed by atoms with Crippen molar-refractivity contribution < 1.29 is 34.2 Å². The van der Waals surface area contributed by atoms with E-state index in [0.717, 1.165) is 0 Å². The smallest absolute Gasteiger partial charge is 0.326 e. The standard InChI is InChI=1S/C22H38N8O7/c23-7-3-1-5-15(28-19(33)14(25)9-13-11-26-12-27-13)20(34)30-17(10-18(31)32)21(35)29-16(22(36)37)6-2-4-8-24/h11-12,14-17H,1-10,23-25H2,(H,26,27)(H,28,33)(H,29,35)(H,30,34)(H,31,32)(H,36,37). The topological polar surface area (TPSA) is 269 Å². The van der Waals surface area contributed by atoms with E-state index in [2.05, 4.69) is 25.9 Å². The fourth-order valence-corrected chi connectivity index (χ4v) is 3.45. The molecule has 1 heterocycles. The van der Waals surface area contributed by atoms with Gasteiger partial charge in [0.05, 0.1) is 18.8 Å². The molecule has 3 amide bonds. The maximum Gasteiger partial charge on any atom is 0.326 e. The van der Waals surface area contributed by atoms with E-state index in [1.54, 1.807) is 0 Å². The summed E-state index contributed by atoms with van der Waals surface area (Å²) in [4.78, 5) is 68.0. The minimum absolute atomic E-state index is 0.0814. The van der Waals surface area contributed by atoms with Crippen molar-refractivity contribution in [3.8, 4) is 0 Å². The zero-order chi connectivity index (χ0) is 27.8. The van der Waals surface area contributed by atoms with Crippen LogP contribution in [-0.4, -0.2) is 87.1 Å². The Morgan fingerprint density at radius 3 is 1.89 bits per heavy atom. The number of nitrogens with one attached hydrogen (secondary N) is 4. The Hall–Kier alpha value is -3.56. The zero-order valence-corrected chi connectivity index (χ0v) is 20.7. The molecular formula is C22H38N8O7. The van der Waals surface area contributed by atoms with E-state index in [-0.39, 0.29) is 19.3 Å². The van der Waals surface area contributed by atoms with Gasteiger partial charge >= 0.3 is 11.9 Å².